The number of hydrogen-bond acceptors (Lipinski definition) is 6. The van der Waals surface area contributed by atoms with Crippen LogP contribution in [0.1, 0.15) is 24.0 Å². The minimum atomic E-state index is -0.547. The number of carbonyl (C=O) groups excluding carboxylic acids is 1. The molecule has 26 heavy (non-hydrogen) atoms. The van der Waals surface area contributed by atoms with Crippen molar-refractivity contribution in [3.8, 4) is 11.5 Å². The molecule has 0 bridgehead atoms. The van der Waals surface area contributed by atoms with E-state index in [0.29, 0.717) is 40.1 Å². The lowest BCUT2D eigenvalue weighted by Crippen LogP contribution is -2.34. The first kappa shape index (κ1) is 18.3. The third kappa shape index (κ3) is 3.53. The van der Waals surface area contributed by atoms with Gasteiger partial charge in [0.25, 0.3) is 0 Å². The zero-order valence-electron chi connectivity index (χ0n) is 15.2. The molecule has 0 unspecified atom stereocenters. The van der Waals surface area contributed by atoms with Gasteiger partial charge < -0.3 is 23.9 Å². The summed E-state index contributed by atoms with van der Waals surface area (Å²) in [5.74, 6) is 0.611. The molecule has 1 atom stereocenters. The first-order valence-electron chi connectivity index (χ1n) is 8.60. The van der Waals surface area contributed by atoms with Crippen molar-refractivity contribution in [2.75, 3.05) is 27.4 Å². The molecule has 140 valence electrons. The van der Waals surface area contributed by atoms with Gasteiger partial charge in [-0.2, -0.15) is 0 Å². The summed E-state index contributed by atoms with van der Waals surface area (Å²) in [7, 11) is 3.00. The van der Waals surface area contributed by atoms with Crippen LogP contribution in [0.3, 0.4) is 0 Å². The molecule has 1 aromatic carbocycles. The van der Waals surface area contributed by atoms with E-state index in [0.717, 1.165) is 19.4 Å². The summed E-state index contributed by atoms with van der Waals surface area (Å²) in [4.78, 5) is 24.7. The average molecular weight is 361 g/mol. The highest BCUT2D eigenvalue weighted by Gasteiger charge is 2.20. The van der Waals surface area contributed by atoms with Crippen LogP contribution in [0.2, 0.25) is 0 Å². The predicted octanol–water partition coefficient (Wildman–Crippen LogP) is 1.96. The molecular formula is C19H23NO6. The van der Waals surface area contributed by atoms with Crippen molar-refractivity contribution in [3.63, 3.8) is 0 Å². The fourth-order valence-electron chi connectivity index (χ4n) is 3.23. The van der Waals surface area contributed by atoms with Gasteiger partial charge in [0.2, 0.25) is 11.7 Å². The monoisotopic (exact) mass is 361 g/mol. The quantitative estimate of drug-likeness (QED) is 0.792. The van der Waals surface area contributed by atoms with Crippen molar-refractivity contribution in [1.29, 1.82) is 0 Å². The van der Waals surface area contributed by atoms with Gasteiger partial charge in [-0.25, -0.2) is 4.79 Å². The number of hydrogen-bond donors (Lipinski definition) is 1. The SMILES string of the molecule is COc1ccc2c(C)c(CC(=O)NC[C@H]3CCCO3)c(=O)oc2c1OC. The smallest absolute Gasteiger partial charge is 0.340 e. The third-order valence-electron chi connectivity index (χ3n) is 4.69. The molecule has 1 amide bonds. The van der Waals surface area contributed by atoms with Crippen molar-refractivity contribution in [3.05, 3.63) is 33.7 Å². The molecule has 1 saturated heterocycles. The minimum Gasteiger partial charge on any atom is -0.493 e. The molecular weight excluding hydrogens is 338 g/mol. The molecule has 1 fully saturated rings. The Morgan fingerprint density at radius 1 is 1.31 bits per heavy atom. The summed E-state index contributed by atoms with van der Waals surface area (Å²) < 4.78 is 21.5. The summed E-state index contributed by atoms with van der Waals surface area (Å²) in [5.41, 5.74) is 0.811. The van der Waals surface area contributed by atoms with Crippen molar-refractivity contribution in [1.82, 2.24) is 5.32 Å². The van der Waals surface area contributed by atoms with Crippen LogP contribution >= 0.6 is 0 Å². The molecule has 0 radical (unpaired) electrons. The van der Waals surface area contributed by atoms with Crippen molar-refractivity contribution in [2.45, 2.75) is 32.3 Å². The molecule has 1 aliphatic heterocycles. The van der Waals surface area contributed by atoms with Crippen LogP contribution in [0.4, 0.5) is 0 Å². The topological polar surface area (TPSA) is 87.0 Å². The highest BCUT2D eigenvalue weighted by atomic mass is 16.5. The maximum atomic E-state index is 12.5. The first-order valence-corrected chi connectivity index (χ1v) is 8.60. The maximum absolute atomic E-state index is 12.5. The van der Waals surface area contributed by atoms with Crippen LogP contribution in [0, 0.1) is 6.92 Å². The van der Waals surface area contributed by atoms with E-state index < -0.39 is 5.63 Å². The molecule has 1 aromatic heterocycles. The van der Waals surface area contributed by atoms with Gasteiger partial charge in [0.15, 0.2) is 11.3 Å². The maximum Gasteiger partial charge on any atom is 0.340 e. The highest BCUT2D eigenvalue weighted by molar-refractivity contribution is 5.89. The van der Waals surface area contributed by atoms with E-state index in [1.165, 1.54) is 14.2 Å². The van der Waals surface area contributed by atoms with E-state index >= 15 is 0 Å². The Morgan fingerprint density at radius 2 is 2.12 bits per heavy atom. The number of ether oxygens (including phenoxy) is 3. The molecule has 2 heterocycles. The number of amides is 1. The van der Waals surface area contributed by atoms with E-state index in [2.05, 4.69) is 5.32 Å². The van der Waals surface area contributed by atoms with Gasteiger partial charge in [0, 0.05) is 18.5 Å². The lowest BCUT2D eigenvalue weighted by atomic mass is 10.0. The van der Waals surface area contributed by atoms with Gasteiger partial charge in [0.1, 0.15) is 0 Å². The number of carbonyl (C=O) groups is 1. The largest absolute Gasteiger partial charge is 0.493 e. The summed E-state index contributed by atoms with van der Waals surface area (Å²) in [6.07, 6.45) is 1.98. The van der Waals surface area contributed by atoms with Gasteiger partial charge in [-0.3, -0.25) is 4.79 Å². The van der Waals surface area contributed by atoms with Gasteiger partial charge in [-0.05, 0) is 37.5 Å². The van der Waals surface area contributed by atoms with Crippen LogP contribution in [-0.4, -0.2) is 39.4 Å². The standard InChI is InChI=1S/C19H23NO6/c1-11-13-6-7-15(23-2)18(24-3)17(13)26-19(22)14(11)9-16(21)20-10-12-5-4-8-25-12/h6-7,12H,4-5,8-10H2,1-3H3,(H,20,21)/t12-/m1/s1. The number of fused-ring (bicyclic) bond motifs is 1. The Bertz CT molecular complexity index is 866. The van der Waals surface area contributed by atoms with Gasteiger partial charge >= 0.3 is 5.63 Å². The molecule has 7 heteroatoms. The van der Waals surface area contributed by atoms with Crippen LogP contribution in [0.5, 0.6) is 11.5 Å². The lowest BCUT2D eigenvalue weighted by molar-refractivity contribution is -0.121. The molecule has 1 N–H and O–H groups in total. The third-order valence-corrected chi connectivity index (χ3v) is 4.69. The summed E-state index contributed by atoms with van der Waals surface area (Å²) in [6, 6.07) is 3.54. The molecule has 0 saturated carbocycles. The van der Waals surface area contributed by atoms with Crippen LogP contribution in [0.15, 0.2) is 21.3 Å². The minimum absolute atomic E-state index is 0.0365. The molecule has 0 aliphatic carbocycles. The fraction of sp³-hybridized carbons (Fsp3) is 0.474. The second kappa shape index (κ2) is 7.78. The average Bonchev–Trinajstić information content (AvgIpc) is 3.16. The van der Waals surface area contributed by atoms with E-state index in [-0.39, 0.29) is 18.4 Å². The molecule has 0 spiro atoms. The first-order chi connectivity index (χ1) is 12.5. The van der Waals surface area contributed by atoms with Gasteiger partial charge in [0.05, 0.1) is 32.3 Å². The lowest BCUT2D eigenvalue weighted by Gasteiger charge is -2.13. The van der Waals surface area contributed by atoms with Crippen LogP contribution < -0.4 is 20.4 Å². The Kier molecular flexibility index (Phi) is 5.46. The molecule has 2 aromatic rings. The van der Waals surface area contributed by atoms with Crippen LogP contribution in [0.25, 0.3) is 11.0 Å². The molecule has 3 rings (SSSR count). The van der Waals surface area contributed by atoms with Gasteiger partial charge in [-0.1, -0.05) is 0 Å². The van der Waals surface area contributed by atoms with E-state index in [1.807, 2.05) is 0 Å². The summed E-state index contributed by atoms with van der Waals surface area (Å²) >= 11 is 0. The van der Waals surface area contributed by atoms with E-state index in [1.54, 1.807) is 19.1 Å². The van der Waals surface area contributed by atoms with Crippen molar-refractivity contribution >= 4 is 16.9 Å². The van der Waals surface area contributed by atoms with Crippen LogP contribution in [-0.2, 0) is 16.0 Å². The number of nitrogens with one attached hydrogen (secondary N) is 1. The fourth-order valence-corrected chi connectivity index (χ4v) is 3.23. The number of rotatable bonds is 6. The number of aryl methyl sites for hydroxylation is 1. The van der Waals surface area contributed by atoms with Gasteiger partial charge in [-0.15, -0.1) is 0 Å². The number of benzene rings is 1. The molecule has 1 aliphatic rings. The van der Waals surface area contributed by atoms with Crippen molar-refractivity contribution < 1.29 is 23.4 Å². The predicted molar refractivity (Wildman–Crippen MR) is 96.0 cm³/mol. The Morgan fingerprint density at radius 3 is 2.77 bits per heavy atom. The summed E-state index contributed by atoms with van der Waals surface area (Å²) in [6.45, 7) is 2.99. The highest BCUT2D eigenvalue weighted by Crippen LogP contribution is 2.36. The zero-order chi connectivity index (χ0) is 18.7. The Hall–Kier alpha value is -2.54. The normalized spacial score (nSPS) is 16.7. The summed E-state index contributed by atoms with van der Waals surface area (Å²) in [5, 5.41) is 3.54. The van der Waals surface area contributed by atoms with Crippen molar-refractivity contribution in [2.24, 2.45) is 0 Å². The Labute approximate surface area is 151 Å². The number of methoxy groups -OCH3 is 2. The molecule has 7 nitrogen and oxygen atoms in total. The van der Waals surface area contributed by atoms with E-state index in [9.17, 15) is 9.59 Å². The second-order valence-electron chi connectivity index (χ2n) is 6.29. The van der Waals surface area contributed by atoms with E-state index in [4.69, 9.17) is 18.6 Å². The second-order valence-corrected chi connectivity index (χ2v) is 6.29. The Balaban J connectivity index is 1.86. The zero-order valence-corrected chi connectivity index (χ0v) is 15.2.